The molecule has 2 aromatic carbocycles. The highest BCUT2D eigenvalue weighted by Gasteiger charge is 2.13. The van der Waals surface area contributed by atoms with Gasteiger partial charge in [-0.3, -0.25) is 23.5 Å². The summed E-state index contributed by atoms with van der Waals surface area (Å²) in [6.45, 7) is 1.90. The SMILES string of the molecule is CCOc1ccccc1-n1ccn(CC(=O)Nc2cccc(C#N)c2)c(=O)c1=O. The first-order chi connectivity index (χ1) is 14.0. The first kappa shape index (κ1) is 19.6. The Morgan fingerprint density at radius 2 is 1.90 bits per heavy atom. The van der Waals surface area contributed by atoms with Crippen LogP contribution in [-0.4, -0.2) is 21.6 Å². The van der Waals surface area contributed by atoms with Crippen molar-refractivity contribution in [3.05, 3.63) is 87.2 Å². The van der Waals surface area contributed by atoms with Crippen molar-refractivity contribution in [1.82, 2.24) is 9.13 Å². The smallest absolute Gasteiger partial charge is 0.321 e. The second-order valence-corrected chi connectivity index (χ2v) is 6.05. The fraction of sp³-hybridized carbons (Fsp3) is 0.143. The molecular weight excluding hydrogens is 372 g/mol. The summed E-state index contributed by atoms with van der Waals surface area (Å²) in [4.78, 5) is 37.3. The molecule has 0 spiro atoms. The third-order valence-corrected chi connectivity index (χ3v) is 4.07. The second-order valence-electron chi connectivity index (χ2n) is 6.05. The number of aromatic nitrogens is 2. The molecule has 0 unspecified atom stereocenters. The van der Waals surface area contributed by atoms with Gasteiger partial charge in [0.1, 0.15) is 12.3 Å². The lowest BCUT2D eigenvalue weighted by Gasteiger charge is -2.13. The third-order valence-electron chi connectivity index (χ3n) is 4.07. The van der Waals surface area contributed by atoms with Crippen LogP contribution in [0.1, 0.15) is 12.5 Å². The fourth-order valence-corrected chi connectivity index (χ4v) is 2.78. The summed E-state index contributed by atoms with van der Waals surface area (Å²) in [7, 11) is 0. The highest BCUT2D eigenvalue weighted by Crippen LogP contribution is 2.20. The van der Waals surface area contributed by atoms with Gasteiger partial charge in [-0.1, -0.05) is 18.2 Å². The monoisotopic (exact) mass is 390 g/mol. The molecule has 3 rings (SSSR count). The molecule has 146 valence electrons. The van der Waals surface area contributed by atoms with Crippen molar-refractivity contribution in [1.29, 1.82) is 5.26 Å². The Balaban J connectivity index is 1.85. The van der Waals surface area contributed by atoms with Gasteiger partial charge >= 0.3 is 11.1 Å². The van der Waals surface area contributed by atoms with E-state index < -0.39 is 17.0 Å². The first-order valence-electron chi connectivity index (χ1n) is 8.87. The van der Waals surface area contributed by atoms with Gasteiger partial charge in [0.15, 0.2) is 0 Å². The van der Waals surface area contributed by atoms with Crippen molar-refractivity contribution in [2.24, 2.45) is 0 Å². The summed E-state index contributed by atoms with van der Waals surface area (Å²) in [6.07, 6.45) is 2.79. The zero-order valence-electron chi connectivity index (χ0n) is 15.7. The maximum Gasteiger partial charge on any atom is 0.321 e. The minimum absolute atomic E-state index is 0.335. The molecule has 0 aliphatic heterocycles. The number of para-hydroxylation sites is 2. The summed E-state index contributed by atoms with van der Waals surface area (Å²) in [5, 5.41) is 11.5. The first-order valence-corrected chi connectivity index (χ1v) is 8.87. The predicted octanol–water partition coefficient (Wildman–Crippen LogP) is 1.91. The van der Waals surface area contributed by atoms with Gasteiger partial charge in [0.05, 0.1) is 23.9 Å². The van der Waals surface area contributed by atoms with Crippen LogP contribution in [0.5, 0.6) is 5.75 Å². The van der Waals surface area contributed by atoms with Crippen LogP contribution in [0.15, 0.2) is 70.5 Å². The Bertz CT molecular complexity index is 1200. The van der Waals surface area contributed by atoms with Gasteiger partial charge in [-0.05, 0) is 37.3 Å². The molecular formula is C21H18N4O4. The van der Waals surface area contributed by atoms with Crippen LogP contribution in [0.4, 0.5) is 5.69 Å². The van der Waals surface area contributed by atoms with Crippen LogP contribution >= 0.6 is 0 Å². The number of amides is 1. The third kappa shape index (κ3) is 4.42. The number of carbonyl (C=O) groups is 1. The fourth-order valence-electron chi connectivity index (χ4n) is 2.78. The predicted molar refractivity (Wildman–Crippen MR) is 107 cm³/mol. The van der Waals surface area contributed by atoms with Crippen molar-refractivity contribution in [2.45, 2.75) is 13.5 Å². The molecule has 1 N–H and O–H groups in total. The largest absolute Gasteiger partial charge is 0.492 e. The molecule has 29 heavy (non-hydrogen) atoms. The zero-order valence-corrected chi connectivity index (χ0v) is 15.7. The average Bonchev–Trinajstić information content (AvgIpc) is 2.72. The molecule has 0 saturated carbocycles. The Hall–Kier alpha value is -4.12. The van der Waals surface area contributed by atoms with E-state index >= 15 is 0 Å². The standard InChI is InChI=1S/C21H18N4O4/c1-2-29-18-9-4-3-8-17(18)25-11-10-24(20(27)21(25)28)14-19(26)23-16-7-5-6-15(12-16)13-22/h3-12H,2,14H2,1H3,(H,23,26). The summed E-state index contributed by atoms with van der Waals surface area (Å²) < 4.78 is 7.74. The molecule has 1 amide bonds. The van der Waals surface area contributed by atoms with Crippen molar-refractivity contribution in [3.63, 3.8) is 0 Å². The summed E-state index contributed by atoms with van der Waals surface area (Å²) in [6, 6.07) is 15.3. The molecule has 0 atom stereocenters. The van der Waals surface area contributed by atoms with E-state index in [1.165, 1.54) is 23.0 Å². The molecule has 0 aliphatic rings. The van der Waals surface area contributed by atoms with Gasteiger partial charge < -0.3 is 10.1 Å². The number of nitriles is 1. The van der Waals surface area contributed by atoms with Crippen LogP contribution < -0.4 is 21.2 Å². The Kier molecular flexibility index (Phi) is 5.90. The number of hydrogen-bond donors (Lipinski definition) is 1. The lowest BCUT2D eigenvalue weighted by molar-refractivity contribution is -0.116. The molecule has 3 aromatic rings. The van der Waals surface area contributed by atoms with Crippen molar-refractivity contribution in [2.75, 3.05) is 11.9 Å². The summed E-state index contributed by atoms with van der Waals surface area (Å²) >= 11 is 0. The van der Waals surface area contributed by atoms with Gasteiger partial charge in [0, 0.05) is 18.1 Å². The maximum atomic E-state index is 12.6. The topological polar surface area (TPSA) is 106 Å². The number of rotatable bonds is 6. The van der Waals surface area contributed by atoms with Crippen LogP contribution in [0.2, 0.25) is 0 Å². The van der Waals surface area contributed by atoms with E-state index in [2.05, 4.69) is 5.32 Å². The lowest BCUT2D eigenvalue weighted by atomic mass is 10.2. The van der Waals surface area contributed by atoms with E-state index in [1.54, 1.807) is 42.5 Å². The molecule has 0 saturated heterocycles. The van der Waals surface area contributed by atoms with Gasteiger partial charge in [0.2, 0.25) is 5.91 Å². The van der Waals surface area contributed by atoms with Crippen molar-refractivity contribution in [3.8, 4) is 17.5 Å². The highest BCUT2D eigenvalue weighted by atomic mass is 16.5. The number of hydrogen-bond acceptors (Lipinski definition) is 5. The van der Waals surface area contributed by atoms with E-state index in [-0.39, 0.29) is 6.54 Å². The van der Waals surface area contributed by atoms with Gasteiger partial charge in [-0.2, -0.15) is 5.26 Å². The molecule has 1 aromatic heterocycles. The number of ether oxygens (including phenoxy) is 1. The zero-order chi connectivity index (χ0) is 20.8. The van der Waals surface area contributed by atoms with Gasteiger partial charge in [-0.15, -0.1) is 0 Å². The number of nitrogens with zero attached hydrogens (tertiary/aromatic N) is 3. The van der Waals surface area contributed by atoms with Crippen LogP contribution in [0, 0.1) is 11.3 Å². The van der Waals surface area contributed by atoms with Crippen LogP contribution in [0.25, 0.3) is 5.69 Å². The molecule has 8 heteroatoms. The van der Waals surface area contributed by atoms with Gasteiger partial charge in [-0.25, -0.2) is 0 Å². The number of carbonyl (C=O) groups excluding carboxylic acids is 1. The maximum absolute atomic E-state index is 12.6. The lowest BCUT2D eigenvalue weighted by Crippen LogP contribution is -2.41. The molecule has 1 heterocycles. The second kappa shape index (κ2) is 8.71. The van der Waals surface area contributed by atoms with E-state index in [0.717, 1.165) is 4.57 Å². The minimum atomic E-state index is -0.834. The Labute approximate surface area is 166 Å². The highest BCUT2D eigenvalue weighted by molar-refractivity contribution is 5.90. The number of anilines is 1. The van der Waals surface area contributed by atoms with E-state index in [1.807, 2.05) is 13.0 Å². The summed E-state index contributed by atoms with van der Waals surface area (Å²) in [5.74, 6) is -0.0153. The normalized spacial score (nSPS) is 10.2. The van der Waals surface area contributed by atoms with E-state index in [9.17, 15) is 14.4 Å². The Morgan fingerprint density at radius 3 is 2.66 bits per heavy atom. The Morgan fingerprint density at radius 1 is 1.10 bits per heavy atom. The van der Waals surface area contributed by atoms with E-state index in [0.29, 0.717) is 29.3 Å². The summed E-state index contributed by atoms with van der Waals surface area (Å²) in [5.41, 5.74) is -0.350. The van der Waals surface area contributed by atoms with E-state index in [4.69, 9.17) is 10.00 Å². The van der Waals surface area contributed by atoms with Gasteiger partial charge in [0.25, 0.3) is 0 Å². The molecule has 8 nitrogen and oxygen atoms in total. The van der Waals surface area contributed by atoms with Crippen LogP contribution in [-0.2, 0) is 11.3 Å². The molecule has 0 bridgehead atoms. The minimum Gasteiger partial charge on any atom is -0.492 e. The number of nitrogens with one attached hydrogen (secondary N) is 1. The van der Waals surface area contributed by atoms with Crippen molar-refractivity contribution < 1.29 is 9.53 Å². The molecule has 0 aliphatic carbocycles. The van der Waals surface area contributed by atoms with Crippen LogP contribution in [0.3, 0.4) is 0 Å². The molecule has 0 fully saturated rings. The average molecular weight is 390 g/mol. The van der Waals surface area contributed by atoms with Crippen molar-refractivity contribution >= 4 is 11.6 Å². The number of benzene rings is 2. The molecule has 0 radical (unpaired) electrons. The quantitative estimate of drug-likeness (QED) is 0.647.